The first-order chi connectivity index (χ1) is 16.1. The number of carbonyl (C=O) groups is 1. The average molecular weight is 443 g/mol. The van der Waals surface area contributed by atoms with Gasteiger partial charge in [0.15, 0.2) is 5.60 Å². The van der Waals surface area contributed by atoms with Gasteiger partial charge in [-0.25, -0.2) is 4.79 Å². The molecule has 2 aliphatic heterocycles. The Morgan fingerprint density at radius 2 is 1.27 bits per heavy atom. The van der Waals surface area contributed by atoms with E-state index in [1.165, 1.54) is 0 Å². The van der Waals surface area contributed by atoms with Crippen LogP contribution in [0, 0.1) is 0 Å². The van der Waals surface area contributed by atoms with E-state index in [1.54, 1.807) is 0 Å². The third kappa shape index (κ3) is 3.10. The van der Waals surface area contributed by atoms with E-state index in [2.05, 4.69) is 55.7 Å². The standard InChI is InChI=1S/C28H30N2O3/c1-5-29(6-2)19-13-15-21-23(17-19)28(33-27(21)31)22-11-9-10-12-25(22)32-26-16-14-20(18-24(26)28)30(7-3)8-4/h9-18H,5-8H2,1-4H3. The summed E-state index contributed by atoms with van der Waals surface area (Å²) in [5, 5.41) is 0. The molecule has 0 amide bonds. The first-order valence-corrected chi connectivity index (χ1v) is 11.9. The van der Waals surface area contributed by atoms with Crippen LogP contribution in [0.4, 0.5) is 11.4 Å². The van der Waals surface area contributed by atoms with Crippen LogP contribution in [0.1, 0.15) is 54.7 Å². The molecule has 0 N–H and O–H groups in total. The van der Waals surface area contributed by atoms with Crippen molar-refractivity contribution in [3.63, 3.8) is 0 Å². The molecular formula is C28H30N2O3. The number of carbonyl (C=O) groups excluding carboxylic acids is 1. The minimum absolute atomic E-state index is 0.299. The Morgan fingerprint density at radius 3 is 1.94 bits per heavy atom. The summed E-state index contributed by atoms with van der Waals surface area (Å²) in [6.45, 7) is 12.1. The zero-order valence-electron chi connectivity index (χ0n) is 19.7. The molecule has 0 fully saturated rings. The predicted octanol–water partition coefficient (Wildman–Crippen LogP) is 5.95. The lowest BCUT2D eigenvalue weighted by Gasteiger charge is -2.37. The fourth-order valence-electron chi connectivity index (χ4n) is 5.21. The number of para-hydroxylation sites is 1. The third-order valence-corrected chi connectivity index (χ3v) is 6.93. The van der Waals surface area contributed by atoms with Crippen LogP contribution < -0.4 is 14.5 Å². The van der Waals surface area contributed by atoms with Gasteiger partial charge in [0, 0.05) is 54.2 Å². The normalized spacial score (nSPS) is 17.6. The van der Waals surface area contributed by atoms with Crippen molar-refractivity contribution in [3.05, 3.63) is 82.9 Å². The maximum absolute atomic E-state index is 13.2. The van der Waals surface area contributed by atoms with Gasteiger partial charge in [0.05, 0.1) is 5.56 Å². The van der Waals surface area contributed by atoms with Crippen molar-refractivity contribution >= 4 is 17.3 Å². The summed E-state index contributed by atoms with van der Waals surface area (Å²) < 4.78 is 12.7. The Kier molecular flexibility index (Phi) is 5.28. The van der Waals surface area contributed by atoms with Crippen LogP contribution in [0.2, 0.25) is 0 Å². The first kappa shape index (κ1) is 21.4. The zero-order valence-corrected chi connectivity index (χ0v) is 19.7. The topological polar surface area (TPSA) is 42.0 Å². The molecule has 0 radical (unpaired) electrons. The number of hydrogen-bond acceptors (Lipinski definition) is 5. The molecule has 0 saturated heterocycles. The largest absolute Gasteiger partial charge is 0.456 e. The van der Waals surface area contributed by atoms with Crippen molar-refractivity contribution in [2.45, 2.75) is 33.3 Å². The highest BCUT2D eigenvalue weighted by Gasteiger charge is 2.53. The zero-order chi connectivity index (χ0) is 23.2. The average Bonchev–Trinajstić information content (AvgIpc) is 3.13. The highest BCUT2D eigenvalue weighted by Crippen LogP contribution is 2.57. The van der Waals surface area contributed by atoms with Gasteiger partial charge in [0.1, 0.15) is 11.5 Å². The number of nitrogens with zero attached hydrogens (tertiary/aromatic N) is 2. The van der Waals surface area contributed by atoms with Crippen molar-refractivity contribution in [3.8, 4) is 11.5 Å². The van der Waals surface area contributed by atoms with E-state index in [9.17, 15) is 4.79 Å². The molecule has 2 aliphatic rings. The number of ether oxygens (including phenoxy) is 2. The Balaban J connectivity index is 1.81. The SMILES string of the molecule is CCN(CC)c1ccc2c(c1)C1(OC(=O)c3ccc(N(CC)CC)cc31)c1ccccc1O2. The minimum atomic E-state index is -1.04. The fourth-order valence-corrected chi connectivity index (χ4v) is 5.21. The molecule has 1 atom stereocenters. The van der Waals surface area contributed by atoms with E-state index in [0.29, 0.717) is 5.56 Å². The van der Waals surface area contributed by atoms with E-state index in [-0.39, 0.29) is 5.97 Å². The second kappa shape index (κ2) is 8.14. The smallest absolute Gasteiger partial charge is 0.340 e. The highest BCUT2D eigenvalue weighted by molar-refractivity contribution is 5.97. The van der Waals surface area contributed by atoms with Crippen molar-refractivity contribution < 1.29 is 14.3 Å². The van der Waals surface area contributed by atoms with E-state index < -0.39 is 5.60 Å². The Morgan fingerprint density at radius 1 is 0.697 bits per heavy atom. The van der Waals surface area contributed by atoms with Gasteiger partial charge < -0.3 is 19.3 Å². The van der Waals surface area contributed by atoms with Gasteiger partial charge in [-0.3, -0.25) is 0 Å². The Bertz CT molecular complexity index is 1210. The van der Waals surface area contributed by atoms with Crippen molar-refractivity contribution in [1.82, 2.24) is 0 Å². The van der Waals surface area contributed by atoms with Crippen LogP contribution in [-0.2, 0) is 10.3 Å². The van der Waals surface area contributed by atoms with Crippen LogP contribution in [-0.4, -0.2) is 32.1 Å². The molecule has 1 spiro atoms. The Hall–Kier alpha value is -3.47. The lowest BCUT2D eigenvalue weighted by Crippen LogP contribution is -2.34. The van der Waals surface area contributed by atoms with E-state index >= 15 is 0 Å². The van der Waals surface area contributed by atoms with Gasteiger partial charge in [-0.1, -0.05) is 18.2 Å². The van der Waals surface area contributed by atoms with Gasteiger partial charge in [-0.2, -0.15) is 0 Å². The van der Waals surface area contributed by atoms with Gasteiger partial charge in [0.2, 0.25) is 0 Å². The summed E-state index contributed by atoms with van der Waals surface area (Å²) >= 11 is 0. The van der Waals surface area contributed by atoms with Crippen LogP contribution in [0.25, 0.3) is 0 Å². The fraction of sp³-hybridized carbons (Fsp3) is 0.321. The maximum Gasteiger partial charge on any atom is 0.340 e. The summed E-state index contributed by atoms with van der Waals surface area (Å²) in [6, 6.07) is 20.1. The van der Waals surface area contributed by atoms with Crippen molar-refractivity contribution in [1.29, 1.82) is 0 Å². The van der Waals surface area contributed by atoms with Crippen LogP contribution >= 0.6 is 0 Å². The lowest BCUT2D eigenvalue weighted by atomic mass is 9.77. The number of hydrogen-bond donors (Lipinski definition) is 0. The summed E-state index contributed by atoms with van der Waals surface area (Å²) in [4.78, 5) is 17.8. The molecule has 0 bridgehead atoms. The van der Waals surface area contributed by atoms with E-state index in [1.807, 2.05) is 42.5 Å². The summed E-state index contributed by atoms with van der Waals surface area (Å²) in [5.74, 6) is 1.14. The maximum atomic E-state index is 13.2. The molecule has 5 heteroatoms. The first-order valence-electron chi connectivity index (χ1n) is 11.9. The monoisotopic (exact) mass is 442 g/mol. The van der Waals surface area contributed by atoms with Gasteiger partial charge in [-0.15, -0.1) is 0 Å². The number of esters is 1. The summed E-state index contributed by atoms with van der Waals surface area (Å²) in [6.07, 6.45) is 0. The van der Waals surface area contributed by atoms with E-state index in [4.69, 9.17) is 9.47 Å². The predicted molar refractivity (Wildman–Crippen MR) is 132 cm³/mol. The van der Waals surface area contributed by atoms with E-state index in [0.717, 1.165) is 65.7 Å². The van der Waals surface area contributed by atoms with Gasteiger partial charge in [-0.05, 0) is 70.2 Å². The number of benzene rings is 3. The van der Waals surface area contributed by atoms with Crippen LogP contribution in [0.3, 0.4) is 0 Å². The summed E-state index contributed by atoms with van der Waals surface area (Å²) in [7, 11) is 0. The molecule has 2 heterocycles. The van der Waals surface area contributed by atoms with Crippen molar-refractivity contribution in [2.75, 3.05) is 36.0 Å². The molecule has 3 aromatic rings. The Labute approximate surface area is 195 Å². The second-order valence-corrected chi connectivity index (χ2v) is 8.42. The molecule has 1 unspecified atom stereocenters. The summed E-state index contributed by atoms with van der Waals surface area (Å²) in [5.41, 5.74) is 4.36. The van der Waals surface area contributed by atoms with Crippen molar-refractivity contribution in [2.24, 2.45) is 0 Å². The molecule has 33 heavy (non-hydrogen) atoms. The quantitative estimate of drug-likeness (QED) is 0.442. The van der Waals surface area contributed by atoms with Gasteiger partial charge >= 0.3 is 5.97 Å². The molecule has 3 aromatic carbocycles. The number of rotatable bonds is 6. The highest BCUT2D eigenvalue weighted by atomic mass is 16.6. The second-order valence-electron chi connectivity index (χ2n) is 8.42. The molecule has 5 rings (SSSR count). The molecule has 0 saturated carbocycles. The number of fused-ring (bicyclic) bond motifs is 6. The van der Waals surface area contributed by atoms with Crippen LogP contribution in [0.5, 0.6) is 11.5 Å². The minimum Gasteiger partial charge on any atom is -0.456 e. The van der Waals surface area contributed by atoms with Gasteiger partial charge in [0.25, 0.3) is 0 Å². The molecule has 0 aromatic heterocycles. The molecule has 170 valence electrons. The molecule has 5 nitrogen and oxygen atoms in total. The molecule has 0 aliphatic carbocycles. The lowest BCUT2D eigenvalue weighted by molar-refractivity contribution is 0.0224. The third-order valence-electron chi connectivity index (χ3n) is 6.93. The molecular weight excluding hydrogens is 412 g/mol. The number of anilines is 2. The van der Waals surface area contributed by atoms with Crippen LogP contribution in [0.15, 0.2) is 60.7 Å².